The third-order valence-corrected chi connectivity index (χ3v) is 7.62. The van der Waals surface area contributed by atoms with E-state index in [-0.39, 0.29) is 24.4 Å². The average molecular weight is 485 g/mol. The summed E-state index contributed by atoms with van der Waals surface area (Å²) in [5.74, 6) is 0.132. The van der Waals surface area contributed by atoms with E-state index in [0.29, 0.717) is 19.5 Å². The number of nitrogens with zero attached hydrogens (tertiary/aromatic N) is 2. The zero-order valence-electron chi connectivity index (χ0n) is 21.7. The maximum atomic E-state index is 13.5. The Labute approximate surface area is 211 Å². The van der Waals surface area contributed by atoms with E-state index in [2.05, 4.69) is 51.3 Å². The van der Waals surface area contributed by atoms with Gasteiger partial charge >= 0.3 is 0 Å². The summed E-state index contributed by atoms with van der Waals surface area (Å²) in [6.07, 6.45) is 9.68. The molecule has 1 heterocycles. The molecule has 1 aromatic heterocycles. The van der Waals surface area contributed by atoms with E-state index < -0.39 is 0 Å². The standard InChI is InChI=1S/C29H44N2O2S/c1-5-7-8-9-10-11-15-18-28(32)31(25(4)6-2)23-29(33)30(21-26-16-13-12-14-17-26)22-27-24(3)19-20-34-27/h12-14,16-17,19-20,25H,5-11,15,18,21-23H2,1-4H3. The number of benzene rings is 1. The quantitative estimate of drug-likeness (QED) is 0.234. The van der Waals surface area contributed by atoms with E-state index in [4.69, 9.17) is 0 Å². The summed E-state index contributed by atoms with van der Waals surface area (Å²) in [5, 5.41) is 2.08. The number of carbonyl (C=O) groups is 2. The molecule has 1 atom stereocenters. The lowest BCUT2D eigenvalue weighted by molar-refractivity contribution is -0.143. The van der Waals surface area contributed by atoms with Gasteiger partial charge in [-0.05, 0) is 49.3 Å². The van der Waals surface area contributed by atoms with Crippen LogP contribution >= 0.6 is 11.3 Å². The molecule has 0 aliphatic heterocycles. The Balaban J connectivity index is 2.02. The predicted octanol–water partition coefficient (Wildman–Crippen LogP) is 7.35. The number of hydrogen-bond donors (Lipinski definition) is 0. The second-order valence-corrected chi connectivity index (χ2v) is 10.4. The van der Waals surface area contributed by atoms with E-state index >= 15 is 0 Å². The monoisotopic (exact) mass is 484 g/mol. The normalized spacial score (nSPS) is 11.9. The van der Waals surface area contributed by atoms with Crippen LogP contribution in [0.2, 0.25) is 0 Å². The molecule has 0 fully saturated rings. The summed E-state index contributed by atoms with van der Waals surface area (Å²) in [5.41, 5.74) is 2.32. The van der Waals surface area contributed by atoms with Crippen molar-refractivity contribution < 1.29 is 9.59 Å². The van der Waals surface area contributed by atoms with Crippen molar-refractivity contribution in [3.63, 3.8) is 0 Å². The fraction of sp³-hybridized carbons (Fsp3) is 0.586. The maximum Gasteiger partial charge on any atom is 0.242 e. The Bertz CT molecular complexity index is 849. The third-order valence-electron chi connectivity index (χ3n) is 6.61. The molecule has 34 heavy (non-hydrogen) atoms. The Morgan fingerprint density at radius 1 is 0.882 bits per heavy atom. The number of hydrogen-bond acceptors (Lipinski definition) is 3. The van der Waals surface area contributed by atoms with Crippen molar-refractivity contribution in [3.8, 4) is 0 Å². The molecule has 2 amide bonds. The average Bonchev–Trinajstić information content (AvgIpc) is 3.25. The maximum absolute atomic E-state index is 13.5. The summed E-state index contributed by atoms with van der Waals surface area (Å²) < 4.78 is 0. The SMILES string of the molecule is CCCCCCCCCC(=O)N(CC(=O)N(Cc1ccccc1)Cc1sccc1C)C(C)CC. The van der Waals surface area contributed by atoms with Crippen molar-refractivity contribution in [1.82, 2.24) is 9.80 Å². The number of unbranched alkanes of at least 4 members (excludes halogenated alkanes) is 6. The molecule has 0 aliphatic carbocycles. The van der Waals surface area contributed by atoms with Crippen LogP contribution in [0.4, 0.5) is 0 Å². The Morgan fingerprint density at radius 2 is 1.56 bits per heavy atom. The molecule has 1 unspecified atom stereocenters. The number of rotatable bonds is 16. The van der Waals surface area contributed by atoms with Crippen LogP contribution < -0.4 is 0 Å². The molecule has 0 saturated heterocycles. The van der Waals surface area contributed by atoms with Gasteiger partial charge in [-0.2, -0.15) is 0 Å². The van der Waals surface area contributed by atoms with Crippen molar-refractivity contribution in [3.05, 3.63) is 57.8 Å². The first-order valence-electron chi connectivity index (χ1n) is 13.1. The molecule has 0 saturated carbocycles. The lowest BCUT2D eigenvalue weighted by atomic mass is 10.1. The highest BCUT2D eigenvalue weighted by atomic mass is 32.1. The molecule has 2 aromatic rings. The Hall–Kier alpha value is -2.14. The van der Waals surface area contributed by atoms with Gasteiger partial charge in [0.15, 0.2) is 0 Å². The number of carbonyl (C=O) groups excluding carboxylic acids is 2. The van der Waals surface area contributed by atoms with Gasteiger partial charge in [-0.25, -0.2) is 0 Å². The van der Waals surface area contributed by atoms with Crippen LogP contribution in [0.15, 0.2) is 41.8 Å². The second kappa shape index (κ2) is 15.7. The number of aryl methyl sites for hydroxylation is 1. The highest BCUT2D eigenvalue weighted by Gasteiger charge is 2.25. The topological polar surface area (TPSA) is 40.6 Å². The van der Waals surface area contributed by atoms with Crippen molar-refractivity contribution in [1.29, 1.82) is 0 Å². The fourth-order valence-corrected chi connectivity index (χ4v) is 5.03. The summed E-state index contributed by atoms with van der Waals surface area (Å²) >= 11 is 1.69. The summed E-state index contributed by atoms with van der Waals surface area (Å²) in [7, 11) is 0. The molecule has 0 aliphatic rings. The van der Waals surface area contributed by atoms with E-state index in [1.807, 2.05) is 28.0 Å². The van der Waals surface area contributed by atoms with Gasteiger partial charge in [-0.15, -0.1) is 11.3 Å². The molecule has 0 bridgehead atoms. The van der Waals surface area contributed by atoms with Crippen molar-refractivity contribution in [2.24, 2.45) is 0 Å². The van der Waals surface area contributed by atoms with Gasteiger partial charge in [0.05, 0.1) is 6.54 Å². The van der Waals surface area contributed by atoms with Crippen molar-refractivity contribution >= 4 is 23.2 Å². The molecule has 0 radical (unpaired) electrons. The van der Waals surface area contributed by atoms with Gasteiger partial charge < -0.3 is 9.80 Å². The molecule has 2 rings (SSSR count). The molecule has 0 spiro atoms. The van der Waals surface area contributed by atoms with E-state index in [0.717, 1.165) is 24.8 Å². The number of thiophene rings is 1. The van der Waals surface area contributed by atoms with E-state index in [9.17, 15) is 9.59 Å². The van der Waals surface area contributed by atoms with Crippen LogP contribution in [0, 0.1) is 6.92 Å². The molecule has 0 N–H and O–H groups in total. The lowest BCUT2D eigenvalue weighted by Crippen LogP contribution is -2.46. The van der Waals surface area contributed by atoms with Gasteiger partial charge in [-0.1, -0.05) is 82.7 Å². The first kappa shape index (κ1) is 28.1. The Morgan fingerprint density at radius 3 is 2.18 bits per heavy atom. The minimum atomic E-state index is 0.0184. The van der Waals surface area contributed by atoms with Gasteiger partial charge in [0.2, 0.25) is 11.8 Å². The molecular weight excluding hydrogens is 440 g/mol. The fourth-order valence-electron chi connectivity index (χ4n) is 4.11. The molecule has 1 aromatic carbocycles. The van der Waals surface area contributed by atoms with Crippen LogP contribution in [0.5, 0.6) is 0 Å². The van der Waals surface area contributed by atoms with Gasteiger partial charge in [0.1, 0.15) is 6.54 Å². The van der Waals surface area contributed by atoms with E-state index in [1.54, 1.807) is 11.3 Å². The van der Waals surface area contributed by atoms with Crippen molar-refractivity contribution in [2.45, 2.75) is 105 Å². The van der Waals surface area contributed by atoms with Crippen LogP contribution in [-0.4, -0.2) is 34.2 Å². The zero-order chi connectivity index (χ0) is 24.8. The molecule has 188 valence electrons. The largest absolute Gasteiger partial charge is 0.332 e. The van der Waals surface area contributed by atoms with Crippen LogP contribution in [0.3, 0.4) is 0 Å². The smallest absolute Gasteiger partial charge is 0.242 e. The van der Waals surface area contributed by atoms with Crippen LogP contribution in [0.1, 0.15) is 94.6 Å². The third kappa shape index (κ3) is 9.61. The van der Waals surface area contributed by atoms with Gasteiger partial charge in [0, 0.05) is 23.9 Å². The molecule has 5 heteroatoms. The summed E-state index contributed by atoms with van der Waals surface area (Å²) in [6.45, 7) is 9.75. The van der Waals surface area contributed by atoms with Crippen LogP contribution in [0.25, 0.3) is 0 Å². The Kier molecular flexibility index (Phi) is 13.0. The molecule has 4 nitrogen and oxygen atoms in total. The van der Waals surface area contributed by atoms with Crippen LogP contribution in [-0.2, 0) is 22.7 Å². The first-order chi connectivity index (χ1) is 16.5. The van der Waals surface area contributed by atoms with Gasteiger partial charge in [0.25, 0.3) is 0 Å². The molecular formula is C29H44N2O2S. The summed E-state index contributed by atoms with van der Waals surface area (Å²) in [4.78, 5) is 31.6. The highest BCUT2D eigenvalue weighted by molar-refractivity contribution is 7.10. The second-order valence-electron chi connectivity index (χ2n) is 9.41. The number of amides is 2. The minimum absolute atomic E-state index is 0.0184. The zero-order valence-corrected chi connectivity index (χ0v) is 22.5. The van der Waals surface area contributed by atoms with Gasteiger partial charge in [-0.3, -0.25) is 9.59 Å². The minimum Gasteiger partial charge on any atom is -0.332 e. The summed E-state index contributed by atoms with van der Waals surface area (Å²) in [6, 6.07) is 12.3. The first-order valence-corrected chi connectivity index (χ1v) is 14.0. The lowest BCUT2D eigenvalue weighted by Gasteiger charge is -2.31. The highest BCUT2D eigenvalue weighted by Crippen LogP contribution is 2.20. The van der Waals surface area contributed by atoms with E-state index in [1.165, 1.54) is 42.5 Å². The predicted molar refractivity (Wildman–Crippen MR) is 144 cm³/mol. The van der Waals surface area contributed by atoms with Crippen molar-refractivity contribution in [2.75, 3.05) is 6.54 Å².